The van der Waals surface area contributed by atoms with Gasteiger partial charge in [-0.25, -0.2) is 0 Å². The van der Waals surface area contributed by atoms with Gasteiger partial charge in [0.2, 0.25) is 5.91 Å². The minimum Gasteiger partial charge on any atom is -0.393 e. The molecule has 0 aliphatic carbocycles. The Morgan fingerprint density at radius 1 is 1.39 bits per heavy atom. The first-order valence-corrected chi connectivity index (χ1v) is 7.63. The van der Waals surface area contributed by atoms with E-state index in [9.17, 15) is 9.90 Å². The van der Waals surface area contributed by atoms with E-state index in [-0.39, 0.29) is 12.0 Å². The van der Waals surface area contributed by atoms with E-state index < -0.39 is 0 Å². The number of aryl methyl sites for hydroxylation is 1. The molecule has 2 saturated heterocycles. The van der Waals surface area contributed by atoms with Crippen molar-refractivity contribution in [3.8, 4) is 0 Å². The van der Waals surface area contributed by atoms with Gasteiger partial charge in [-0.1, -0.05) is 6.07 Å². The second kappa shape index (κ2) is 5.02. The number of thiophene rings is 1. The average molecular weight is 265 g/mol. The Bertz CT molecular complexity index is 403. The second-order valence-corrected chi connectivity index (χ2v) is 6.42. The number of nitrogens with zero attached hydrogens (tertiary/aromatic N) is 1. The number of amides is 1. The maximum atomic E-state index is 12.3. The van der Waals surface area contributed by atoms with Crippen molar-refractivity contribution < 1.29 is 9.90 Å². The quantitative estimate of drug-likeness (QED) is 0.910. The Morgan fingerprint density at radius 3 is 2.72 bits per heavy atom. The van der Waals surface area contributed by atoms with Crippen molar-refractivity contribution in [3.63, 3.8) is 0 Å². The van der Waals surface area contributed by atoms with E-state index in [1.807, 2.05) is 6.07 Å². The number of carbonyl (C=O) groups is 1. The lowest BCUT2D eigenvalue weighted by Gasteiger charge is -2.37. The highest BCUT2D eigenvalue weighted by Crippen LogP contribution is 2.36. The topological polar surface area (TPSA) is 40.5 Å². The summed E-state index contributed by atoms with van der Waals surface area (Å²) in [6.45, 7) is 0. The second-order valence-electron chi connectivity index (χ2n) is 5.39. The van der Waals surface area contributed by atoms with Gasteiger partial charge in [0, 0.05) is 23.4 Å². The number of hydrogen-bond acceptors (Lipinski definition) is 3. The summed E-state index contributed by atoms with van der Waals surface area (Å²) in [7, 11) is 0. The largest absolute Gasteiger partial charge is 0.393 e. The third kappa shape index (κ3) is 2.31. The van der Waals surface area contributed by atoms with Crippen molar-refractivity contribution in [1.82, 2.24) is 4.90 Å². The Kier molecular flexibility index (Phi) is 3.39. The summed E-state index contributed by atoms with van der Waals surface area (Å²) in [4.78, 5) is 15.7. The SMILES string of the molecule is O=C(CCc1cccs1)N1[C@@H]2CC[C@H]1CC(O)C2. The summed E-state index contributed by atoms with van der Waals surface area (Å²) >= 11 is 1.72. The summed E-state index contributed by atoms with van der Waals surface area (Å²) in [6, 6.07) is 4.72. The first kappa shape index (κ1) is 12.2. The number of aliphatic hydroxyl groups excluding tert-OH is 1. The molecule has 0 aromatic carbocycles. The summed E-state index contributed by atoms with van der Waals surface area (Å²) in [5, 5.41) is 11.8. The molecule has 1 aromatic heterocycles. The van der Waals surface area contributed by atoms with E-state index in [4.69, 9.17) is 0 Å². The zero-order valence-electron chi connectivity index (χ0n) is 10.4. The number of fused-ring (bicyclic) bond motifs is 2. The molecule has 18 heavy (non-hydrogen) atoms. The maximum absolute atomic E-state index is 12.3. The fourth-order valence-electron chi connectivity index (χ4n) is 3.37. The van der Waals surface area contributed by atoms with Crippen LogP contribution in [0.25, 0.3) is 0 Å². The summed E-state index contributed by atoms with van der Waals surface area (Å²) < 4.78 is 0. The van der Waals surface area contributed by atoms with E-state index in [1.165, 1.54) is 4.88 Å². The van der Waals surface area contributed by atoms with E-state index in [1.54, 1.807) is 11.3 Å². The molecule has 1 aromatic rings. The smallest absolute Gasteiger partial charge is 0.223 e. The molecule has 3 heterocycles. The zero-order chi connectivity index (χ0) is 12.5. The fourth-order valence-corrected chi connectivity index (χ4v) is 4.08. The van der Waals surface area contributed by atoms with Crippen LogP contribution in [0.4, 0.5) is 0 Å². The molecule has 2 fully saturated rings. The minimum absolute atomic E-state index is 0.191. The van der Waals surface area contributed by atoms with Crippen molar-refractivity contribution in [1.29, 1.82) is 0 Å². The van der Waals surface area contributed by atoms with Crippen LogP contribution in [0.5, 0.6) is 0 Å². The highest BCUT2D eigenvalue weighted by molar-refractivity contribution is 7.09. The van der Waals surface area contributed by atoms with Crippen molar-refractivity contribution in [2.75, 3.05) is 0 Å². The van der Waals surface area contributed by atoms with Gasteiger partial charge in [-0.05, 0) is 43.6 Å². The molecule has 2 aliphatic rings. The molecule has 0 radical (unpaired) electrons. The molecule has 1 unspecified atom stereocenters. The van der Waals surface area contributed by atoms with Gasteiger partial charge in [0.1, 0.15) is 0 Å². The number of piperidine rings is 1. The van der Waals surface area contributed by atoms with Gasteiger partial charge in [-0.3, -0.25) is 4.79 Å². The monoisotopic (exact) mass is 265 g/mol. The lowest BCUT2D eigenvalue weighted by molar-refractivity contribution is -0.137. The minimum atomic E-state index is -0.191. The molecular formula is C14H19NO2S. The molecule has 98 valence electrons. The van der Waals surface area contributed by atoms with E-state index in [0.717, 1.165) is 32.1 Å². The Balaban J connectivity index is 1.60. The predicted octanol–water partition coefficient (Wildman–Crippen LogP) is 2.20. The Hall–Kier alpha value is -0.870. The van der Waals surface area contributed by atoms with Gasteiger partial charge < -0.3 is 10.0 Å². The molecule has 3 nitrogen and oxygen atoms in total. The maximum Gasteiger partial charge on any atom is 0.223 e. The summed E-state index contributed by atoms with van der Waals surface area (Å²) in [5.74, 6) is 0.280. The highest BCUT2D eigenvalue weighted by Gasteiger charge is 2.42. The molecule has 1 N–H and O–H groups in total. The van der Waals surface area contributed by atoms with Crippen LogP contribution < -0.4 is 0 Å². The van der Waals surface area contributed by atoms with Crippen molar-refractivity contribution >= 4 is 17.2 Å². The van der Waals surface area contributed by atoms with Crippen LogP contribution >= 0.6 is 11.3 Å². The van der Waals surface area contributed by atoms with Crippen LogP contribution in [0.3, 0.4) is 0 Å². The van der Waals surface area contributed by atoms with Gasteiger partial charge in [0.15, 0.2) is 0 Å². The molecule has 3 atom stereocenters. The fraction of sp³-hybridized carbons (Fsp3) is 0.643. The normalized spacial score (nSPS) is 30.7. The summed E-state index contributed by atoms with van der Waals surface area (Å²) in [6.07, 6.45) is 4.99. The number of rotatable bonds is 3. The first-order chi connectivity index (χ1) is 8.74. The van der Waals surface area contributed by atoms with Crippen LogP contribution in [-0.4, -0.2) is 34.1 Å². The Morgan fingerprint density at radius 2 is 2.11 bits per heavy atom. The van der Waals surface area contributed by atoms with Gasteiger partial charge >= 0.3 is 0 Å². The van der Waals surface area contributed by atoms with Crippen LogP contribution in [-0.2, 0) is 11.2 Å². The Labute approximate surface area is 111 Å². The molecule has 0 saturated carbocycles. The van der Waals surface area contributed by atoms with E-state index in [0.29, 0.717) is 18.5 Å². The molecule has 2 bridgehead atoms. The van der Waals surface area contributed by atoms with Crippen molar-refractivity contribution in [3.05, 3.63) is 22.4 Å². The molecule has 2 aliphatic heterocycles. The third-order valence-corrected chi connectivity index (χ3v) is 5.10. The number of carbonyl (C=O) groups excluding carboxylic acids is 1. The number of aliphatic hydroxyl groups is 1. The van der Waals surface area contributed by atoms with Gasteiger partial charge in [-0.15, -0.1) is 11.3 Å². The van der Waals surface area contributed by atoms with Crippen LogP contribution in [0.2, 0.25) is 0 Å². The van der Waals surface area contributed by atoms with Gasteiger partial charge in [0.05, 0.1) is 6.10 Å². The molecule has 3 rings (SSSR count). The highest BCUT2D eigenvalue weighted by atomic mass is 32.1. The third-order valence-electron chi connectivity index (χ3n) is 4.16. The van der Waals surface area contributed by atoms with Gasteiger partial charge in [0.25, 0.3) is 0 Å². The first-order valence-electron chi connectivity index (χ1n) is 6.75. The van der Waals surface area contributed by atoms with E-state index >= 15 is 0 Å². The van der Waals surface area contributed by atoms with Crippen molar-refractivity contribution in [2.24, 2.45) is 0 Å². The lowest BCUT2D eigenvalue weighted by atomic mass is 9.99. The zero-order valence-corrected chi connectivity index (χ0v) is 11.2. The average Bonchev–Trinajstić information content (AvgIpc) is 2.94. The molecule has 1 amide bonds. The lowest BCUT2D eigenvalue weighted by Crippen LogP contribution is -2.48. The molecule has 0 spiro atoms. The molecular weight excluding hydrogens is 246 g/mol. The standard InChI is InChI=1S/C14H19NO2S/c16-12-8-10-3-4-11(9-12)15(10)14(17)6-5-13-2-1-7-18-13/h1-2,7,10-12,16H,3-6,8-9H2/t10-,11+,12?. The number of hydrogen-bond donors (Lipinski definition) is 1. The van der Waals surface area contributed by atoms with Crippen LogP contribution in [0, 0.1) is 0 Å². The van der Waals surface area contributed by atoms with Crippen molar-refractivity contribution in [2.45, 2.75) is 56.7 Å². The van der Waals surface area contributed by atoms with E-state index in [2.05, 4.69) is 16.3 Å². The summed E-state index contributed by atoms with van der Waals surface area (Å²) in [5.41, 5.74) is 0. The van der Waals surface area contributed by atoms with Gasteiger partial charge in [-0.2, -0.15) is 0 Å². The molecule has 4 heteroatoms. The predicted molar refractivity (Wildman–Crippen MR) is 71.5 cm³/mol. The van der Waals surface area contributed by atoms with Crippen LogP contribution in [0.1, 0.15) is 37.0 Å². The van der Waals surface area contributed by atoms with Crippen LogP contribution in [0.15, 0.2) is 17.5 Å².